The van der Waals surface area contributed by atoms with Crippen molar-refractivity contribution in [3.63, 3.8) is 0 Å². The van der Waals surface area contributed by atoms with Crippen LogP contribution in [0, 0.1) is 16.3 Å². The topological polar surface area (TPSA) is 38.9 Å². The van der Waals surface area contributed by atoms with Crippen LogP contribution in [0.1, 0.15) is 5.56 Å². The summed E-state index contributed by atoms with van der Waals surface area (Å²) in [6.45, 7) is 1.94. The molecule has 20 heavy (non-hydrogen) atoms. The van der Waals surface area contributed by atoms with Crippen molar-refractivity contribution in [1.29, 1.82) is 0 Å². The second-order valence-electron chi connectivity index (χ2n) is 4.24. The summed E-state index contributed by atoms with van der Waals surface area (Å²) in [6, 6.07) is 0. The number of nitrogens with zero attached hydrogens (tertiary/aromatic N) is 5. The van der Waals surface area contributed by atoms with Crippen molar-refractivity contribution in [3.05, 3.63) is 21.9 Å². The summed E-state index contributed by atoms with van der Waals surface area (Å²) in [4.78, 5) is 2.14. The molecule has 0 bridgehead atoms. The minimum Gasteiger partial charge on any atom is -0.283 e. The van der Waals surface area contributed by atoms with Crippen molar-refractivity contribution in [2.24, 2.45) is 0 Å². The SMILES string of the molecule is C#CCn1cc(CN(C)Cn2nc(SC)sc2=S)cn1. The van der Waals surface area contributed by atoms with Gasteiger partial charge in [-0.1, -0.05) is 29.0 Å². The van der Waals surface area contributed by atoms with Crippen LogP contribution in [0.4, 0.5) is 0 Å². The highest BCUT2D eigenvalue weighted by Crippen LogP contribution is 2.19. The van der Waals surface area contributed by atoms with Gasteiger partial charge in [-0.05, 0) is 25.5 Å². The number of hydrogen-bond acceptors (Lipinski definition) is 6. The molecule has 0 saturated carbocycles. The Morgan fingerprint density at radius 2 is 2.40 bits per heavy atom. The molecule has 106 valence electrons. The third kappa shape index (κ3) is 3.93. The lowest BCUT2D eigenvalue weighted by molar-refractivity contribution is 0.243. The van der Waals surface area contributed by atoms with Gasteiger partial charge in [-0.2, -0.15) is 10.2 Å². The van der Waals surface area contributed by atoms with E-state index in [9.17, 15) is 0 Å². The Morgan fingerprint density at radius 3 is 3.05 bits per heavy atom. The predicted molar refractivity (Wildman–Crippen MR) is 85.2 cm³/mol. The molecule has 0 aliphatic rings. The molecule has 5 nitrogen and oxygen atoms in total. The first kappa shape index (κ1) is 15.3. The summed E-state index contributed by atoms with van der Waals surface area (Å²) in [6.07, 6.45) is 11.1. The van der Waals surface area contributed by atoms with Crippen LogP contribution in [-0.4, -0.2) is 37.8 Å². The van der Waals surface area contributed by atoms with E-state index in [2.05, 4.69) is 21.0 Å². The van der Waals surface area contributed by atoms with E-state index in [0.717, 1.165) is 20.4 Å². The smallest absolute Gasteiger partial charge is 0.181 e. The van der Waals surface area contributed by atoms with Crippen LogP contribution in [0.5, 0.6) is 0 Å². The van der Waals surface area contributed by atoms with Gasteiger partial charge < -0.3 is 0 Å². The molecule has 0 aromatic carbocycles. The maximum Gasteiger partial charge on any atom is 0.181 e. The van der Waals surface area contributed by atoms with Gasteiger partial charge in [-0.3, -0.25) is 9.58 Å². The van der Waals surface area contributed by atoms with Gasteiger partial charge in [0, 0.05) is 18.3 Å². The third-order valence-corrected chi connectivity index (χ3v) is 4.81. The largest absolute Gasteiger partial charge is 0.283 e. The summed E-state index contributed by atoms with van der Waals surface area (Å²) in [7, 11) is 2.03. The van der Waals surface area contributed by atoms with Gasteiger partial charge in [0.15, 0.2) is 8.29 Å². The molecule has 0 fully saturated rings. The minimum atomic E-state index is 0.498. The number of thioether (sulfide) groups is 1. The maximum absolute atomic E-state index is 5.30. The molecule has 0 radical (unpaired) electrons. The van der Waals surface area contributed by atoms with Gasteiger partial charge in [0.2, 0.25) is 0 Å². The number of terminal acetylenes is 1. The number of hydrogen-bond donors (Lipinski definition) is 0. The molecule has 0 aliphatic carbocycles. The van der Waals surface area contributed by atoms with Crippen LogP contribution in [0.2, 0.25) is 0 Å². The van der Waals surface area contributed by atoms with Crippen molar-refractivity contribution in [2.45, 2.75) is 24.1 Å². The first-order valence-electron chi connectivity index (χ1n) is 5.87. The molecule has 0 N–H and O–H groups in total. The van der Waals surface area contributed by atoms with Crippen LogP contribution in [-0.2, 0) is 19.8 Å². The van der Waals surface area contributed by atoms with Gasteiger partial charge in [0.25, 0.3) is 0 Å². The van der Waals surface area contributed by atoms with Crippen LogP contribution < -0.4 is 0 Å². The van der Waals surface area contributed by atoms with Crippen LogP contribution in [0.25, 0.3) is 0 Å². The number of aromatic nitrogens is 4. The molecule has 2 heterocycles. The average molecular weight is 325 g/mol. The fraction of sp³-hybridized carbons (Fsp3) is 0.417. The zero-order chi connectivity index (χ0) is 14.5. The van der Waals surface area contributed by atoms with Crippen molar-refractivity contribution < 1.29 is 0 Å². The zero-order valence-electron chi connectivity index (χ0n) is 11.3. The summed E-state index contributed by atoms with van der Waals surface area (Å²) in [5.41, 5.74) is 1.12. The Balaban J connectivity index is 1.97. The van der Waals surface area contributed by atoms with Crippen molar-refractivity contribution >= 4 is 35.3 Å². The molecule has 2 aromatic rings. The molecule has 0 saturated heterocycles. The summed E-state index contributed by atoms with van der Waals surface area (Å²) in [5, 5.41) is 8.65. The van der Waals surface area contributed by atoms with E-state index in [0.29, 0.717) is 13.2 Å². The summed E-state index contributed by atoms with van der Waals surface area (Å²) < 4.78 is 5.38. The average Bonchev–Trinajstić information content (AvgIpc) is 2.98. The molecule has 2 aromatic heterocycles. The molecular weight excluding hydrogens is 310 g/mol. The Hall–Kier alpha value is -1.14. The maximum atomic E-state index is 5.30. The van der Waals surface area contributed by atoms with Gasteiger partial charge >= 0.3 is 0 Å². The molecule has 0 aliphatic heterocycles. The Kier molecular flexibility index (Phi) is 5.37. The van der Waals surface area contributed by atoms with Gasteiger partial charge in [0.05, 0.1) is 12.9 Å². The van der Waals surface area contributed by atoms with E-state index < -0.39 is 0 Å². The van der Waals surface area contributed by atoms with E-state index in [1.165, 1.54) is 11.3 Å². The highest BCUT2D eigenvalue weighted by atomic mass is 32.2. The number of rotatable bonds is 6. The van der Waals surface area contributed by atoms with Gasteiger partial charge in [0.1, 0.15) is 6.54 Å². The second kappa shape index (κ2) is 7.04. The first-order valence-corrected chi connectivity index (χ1v) is 8.32. The van der Waals surface area contributed by atoms with Crippen LogP contribution in [0.3, 0.4) is 0 Å². The van der Waals surface area contributed by atoms with Gasteiger partial charge in [-0.25, -0.2) is 4.68 Å². The molecule has 0 atom stereocenters. The van der Waals surface area contributed by atoms with Crippen molar-refractivity contribution in [1.82, 2.24) is 24.5 Å². The fourth-order valence-electron chi connectivity index (χ4n) is 1.72. The summed E-state index contributed by atoms with van der Waals surface area (Å²) in [5.74, 6) is 2.57. The Morgan fingerprint density at radius 1 is 1.60 bits per heavy atom. The third-order valence-electron chi connectivity index (χ3n) is 2.53. The van der Waals surface area contributed by atoms with E-state index in [4.69, 9.17) is 18.6 Å². The monoisotopic (exact) mass is 325 g/mol. The fourth-order valence-corrected chi connectivity index (χ4v) is 3.45. The highest BCUT2D eigenvalue weighted by molar-refractivity contribution is 8.00. The molecule has 0 spiro atoms. The van der Waals surface area contributed by atoms with Crippen molar-refractivity contribution in [3.8, 4) is 12.3 Å². The van der Waals surface area contributed by atoms with E-state index in [1.807, 2.05) is 30.4 Å². The molecule has 0 unspecified atom stereocenters. The molecule has 2 rings (SSSR count). The normalized spacial score (nSPS) is 10.9. The van der Waals surface area contributed by atoms with Crippen LogP contribution in [0.15, 0.2) is 16.7 Å². The standard InChI is InChI=1S/C12H15N5S3/c1-4-5-16-8-10(6-13-16)7-15(2)9-17-12(18)20-11(14-17)19-3/h1,6,8H,5,7,9H2,2-3H3. The Labute approximate surface area is 131 Å². The first-order chi connectivity index (χ1) is 9.62. The zero-order valence-corrected chi connectivity index (χ0v) is 13.8. The predicted octanol–water partition coefficient (Wildman–Crippen LogP) is 2.32. The van der Waals surface area contributed by atoms with Crippen molar-refractivity contribution in [2.75, 3.05) is 13.3 Å². The lowest BCUT2D eigenvalue weighted by atomic mass is 10.3. The summed E-state index contributed by atoms with van der Waals surface area (Å²) >= 11 is 8.45. The highest BCUT2D eigenvalue weighted by Gasteiger charge is 2.07. The van der Waals surface area contributed by atoms with Gasteiger partial charge in [-0.15, -0.1) is 6.42 Å². The lowest BCUT2D eigenvalue weighted by Crippen LogP contribution is -2.22. The van der Waals surface area contributed by atoms with Crippen LogP contribution >= 0.6 is 35.3 Å². The Bertz CT molecular complexity index is 663. The molecular formula is C12H15N5S3. The lowest BCUT2D eigenvalue weighted by Gasteiger charge is -2.15. The second-order valence-corrected chi connectivity index (χ2v) is 6.92. The minimum absolute atomic E-state index is 0.498. The van der Waals surface area contributed by atoms with E-state index in [1.54, 1.807) is 16.4 Å². The molecule has 8 heteroatoms. The van der Waals surface area contributed by atoms with E-state index in [-0.39, 0.29) is 0 Å². The van der Waals surface area contributed by atoms with E-state index >= 15 is 0 Å². The molecule has 0 amide bonds. The quantitative estimate of drug-likeness (QED) is 0.463.